The third-order valence-electron chi connectivity index (χ3n) is 4.97. The van der Waals surface area contributed by atoms with Crippen molar-refractivity contribution >= 4 is 11.9 Å². The zero-order valence-corrected chi connectivity index (χ0v) is 17.7. The smallest absolute Gasteiger partial charge is 0.305 e. The molecule has 0 saturated carbocycles. The predicted molar refractivity (Wildman–Crippen MR) is 118 cm³/mol. The van der Waals surface area contributed by atoms with Crippen molar-refractivity contribution in [3.63, 3.8) is 0 Å². The molecule has 1 unspecified atom stereocenters. The number of aryl methyl sites for hydroxylation is 1. The summed E-state index contributed by atoms with van der Waals surface area (Å²) in [5.41, 5.74) is 3.58. The van der Waals surface area contributed by atoms with Crippen LogP contribution in [0, 0.1) is 0 Å². The molecule has 0 saturated heterocycles. The second-order valence-corrected chi connectivity index (χ2v) is 7.28. The predicted octanol–water partition coefficient (Wildman–Crippen LogP) is 4.21. The SMILES string of the molecule is CCCC(Oc1ccc(-c2ccnn2C)cc1)c1ccc(C(=O)NCCC(=O)O)cc1. The summed E-state index contributed by atoms with van der Waals surface area (Å²) in [5.74, 6) is -0.449. The van der Waals surface area contributed by atoms with Gasteiger partial charge >= 0.3 is 5.97 Å². The molecule has 3 aromatic rings. The van der Waals surface area contributed by atoms with Gasteiger partial charge in [-0.1, -0.05) is 25.5 Å². The van der Waals surface area contributed by atoms with E-state index in [-0.39, 0.29) is 25.0 Å². The normalized spacial score (nSPS) is 11.7. The Morgan fingerprint density at radius 3 is 2.39 bits per heavy atom. The molecule has 7 nitrogen and oxygen atoms in total. The van der Waals surface area contributed by atoms with Crippen molar-refractivity contribution in [2.24, 2.45) is 7.05 Å². The molecule has 1 heterocycles. The first kappa shape index (κ1) is 22.1. The summed E-state index contributed by atoms with van der Waals surface area (Å²) >= 11 is 0. The van der Waals surface area contributed by atoms with Gasteiger partial charge in [0.1, 0.15) is 11.9 Å². The summed E-state index contributed by atoms with van der Waals surface area (Å²) in [6.07, 6.45) is 3.34. The highest BCUT2D eigenvalue weighted by molar-refractivity contribution is 5.94. The van der Waals surface area contributed by atoms with Gasteiger partial charge in [0.15, 0.2) is 0 Å². The van der Waals surface area contributed by atoms with E-state index in [4.69, 9.17) is 9.84 Å². The molecule has 162 valence electrons. The number of carbonyl (C=O) groups excluding carboxylic acids is 1. The van der Waals surface area contributed by atoms with Crippen LogP contribution in [0.2, 0.25) is 0 Å². The Bertz CT molecular complexity index is 1010. The van der Waals surface area contributed by atoms with Gasteiger partial charge in [-0.2, -0.15) is 5.10 Å². The summed E-state index contributed by atoms with van der Waals surface area (Å²) in [4.78, 5) is 22.7. The second-order valence-electron chi connectivity index (χ2n) is 7.28. The van der Waals surface area contributed by atoms with Crippen LogP contribution in [-0.4, -0.2) is 33.3 Å². The Labute approximate surface area is 181 Å². The summed E-state index contributed by atoms with van der Waals surface area (Å²) in [6, 6.07) is 17.2. The number of hydrogen-bond acceptors (Lipinski definition) is 4. The lowest BCUT2D eigenvalue weighted by atomic mass is 10.0. The minimum Gasteiger partial charge on any atom is -0.486 e. The molecule has 0 aliphatic heterocycles. The van der Waals surface area contributed by atoms with Crippen LogP contribution in [0.4, 0.5) is 0 Å². The summed E-state index contributed by atoms with van der Waals surface area (Å²) in [6.45, 7) is 2.21. The van der Waals surface area contributed by atoms with Crippen molar-refractivity contribution in [3.8, 4) is 17.0 Å². The monoisotopic (exact) mass is 421 g/mol. The van der Waals surface area contributed by atoms with Crippen molar-refractivity contribution in [1.29, 1.82) is 0 Å². The Morgan fingerprint density at radius 1 is 1.10 bits per heavy atom. The number of nitrogens with zero attached hydrogens (tertiary/aromatic N) is 2. The molecule has 1 aromatic heterocycles. The van der Waals surface area contributed by atoms with Gasteiger partial charge in [-0.15, -0.1) is 0 Å². The van der Waals surface area contributed by atoms with E-state index in [1.54, 1.807) is 18.3 Å². The lowest BCUT2D eigenvalue weighted by molar-refractivity contribution is -0.136. The molecule has 1 atom stereocenters. The molecule has 31 heavy (non-hydrogen) atoms. The number of benzene rings is 2. The Hall–Kier alpha value is -3.61. The van der Waals surface area contributed by atoms with Gasteiger partial charge in [0, 0.05) is 30.9 Å². The number of rotatable bonds is 10. The fourth-order valence-corrected chi connectivity index (χ4v) is 3.32. The van der Waals surface area contributed by atoms with E-state index in [9.17, 15) is 9.59 Å². The molecule has 0 spiro atoms. The zero-order chi connectivity index (χ0) is 22.2. The minimum absolute atomic E-state index is 0.102. The molecule has 0 bridgehead atoms. The van der Waals surface area contributed by atoms with Crippen LogP contribution in [0.1, 0.15) is 48.2 Å². The number of hydrogen-bond donors (Lipinski definition) is 2. The number of carboxylic acids is 1. The van der Waals surface area contributed by atoms with E-state index in [0.717, 1.165) is 35.4 Å². The van der Waals surface area contributed by atoms with Crippen LogP contribution >= 0.6 is 0 Å². The molecule has 1 amide bonds. The summed E-state index contributed by atoms with van der Waals surface area (Å²) in [7, 11) is 1.91. The number of aromatic nitrogens is 2. The first-order valence-corrected chi connectivity index (χ1v) is 10.3. The van der Waals surface area contributed by atoms with Crippen LogP contribution in [0.15, 0.2) is 60.8 Å². The van der Waals surface area contributed by atoms with E-state index >= 15 is 0 Å². The highest BCUT2D eigenvalue weighted by Gasteiger charge is 2.14. The molecule has 0 aliphatic carbocycles. The lowest BCUT2D eigenvalue weighted by Gasteiger charge is -2.20. The number of ether oxygens (including phenoxy) is 1. The average Bonchev–Trinajstić information content (AvgIpc) is 3.19. The first-order chi connectivity index (χ1) is 15.0. The van der Waals surface area contributed by atoms with Crippen molar-refractivity contribution in [3.05, 3.63) is 71.9 Å². The van der Waals surface area contributed by atoms with Gasteiger partial charge in [-0.05, 0) is 54.4 Å². The van der Waals surface area contributed by atoms with E-state index < -0.39 is 5.97 Å². The van der Waals surface area contributed by atoms with Crippen molar-refractivity contribution < 1.29 is 19.4 Å². The van der Waals surface area contributed by atoms with Gasteiger partial charge in [0.05, 0.1) is 12.1 Å². The molecular formula is C24H27N3O4. The fourth-order valence-electron chi connectivity index (χ4n) is 3.32. The number of amides is 1. The van der Waals surface area contributed by atoms with E-state index in [1.165, 1.54) is 0 Å². The van der Waals surface area contributed by atoms with Crippen LogP contribution in [0.5, 0.6) is 5.75 Å². The van der Waals surface area contributed by atoms with Crippen LogP contribution in [0.3, 0.4) is 0 Å². The van der Waals surface area contributed by atoms with Crippen molar-refractivity contribution in [1.82, 2.24) is 15.1 Å². The maximum absolute atomic E-state index is 12.1. The molecule has 2 N–H and O–H groups in total. The first-order valence-electron chi connectivity index (χ1n) is 10.3. The summed E-state index contributed by atoms with van der Waals surface area (Å²) in [5, 5.41) is 15.5. The van der Waals surface area contributed by atoms with Gasteiger partial charge in [-0.3, -0.25) is 14.3 Å². The third-order valence-corrected chi connectivity index (χ3v) is 4.97. The van der Waals surface area contributed by atoms with Crippen LogP contribution in [0.25, 0.3) is 11.3 Å². The topological polar surface area (TPSA) is 93.5 Å². The minimum atomic E-state index is -0.941. The van der Waals surface area contributed by atoms with Gasteiger partial charge in [-0.25, -0.2) is 0 Å². The largest absolute Gasteiger partial charge is 0.486 e. The van der Waals surface area contributed by atoms with E-state index in [2.05, 4.69) is 17.3 Å². The Morgan fingerprint density at radius 2 is 1.81 bits per heavy atom. The number of nitrogens with one attached hydrogen (secondary N) is 1. The number of carbonyl (C=O) groups is 2. The molecule has 3 rings (SSSR count). The van der Waals surface area contributed by atoms with E-state index in [0.29, 0.717) is 5.56 Å². The quantitative estimate of drug-likeness (QED) is 0.511. The highest BCUT2D eigenvalue weighted by atomic mass is 16.5. The standard InChI is InChI=1S/C24H27N3O4/c1-3-4-22(18-5-7-19(8-6-18)24(30)25-15-14-23(28)29)31-20-11-9-17(10-12-20)21-13-16-26-27(21)2/h5-13,16,22H,3-4,14-15H2,1-2H3,(H,25,30)(H,28,29). The second kappa shape index (κ2) is 10.4. The van der Waals surface area contributed by atoms with E-state index in [1.807, 2.05) is 54.2 Å². The van der Waals surface area contributed by atoms with Crippen LogP contribution < -0.4 is 10.1 Å². The molecule has 0 radical (unpaired) electrons. The van der Waals surface area contributed by atoms with Gasteiger partial charge < -0.3 is 15.2 Å². The molecular weight excluding hydrogens is 394 g/mol. The average molecular weight is 421 g/mol. The molecule has 0 aliphatic rings. The maximum atomic E-state index is 12.1. The Balaban J connectivity index is 1.67. The highest BCUT2D eigenvalue weighted by Crippen LogP contribution is 2.28. The van der Waals surface area contributed by atoms with Crippen molar-refractivity contribution in [2.45, 2.75) is 32.3 Å². The fraction of sp³-hybridized carbons (Fsp3) is 0.292. The van der Waals surface area contributed by atoms with Crippen molar-refractivity contribution in [2.75, 3.05) is 6.54 Å². The van der Waals surface area contributed by atoms with Gasteiger partial charge in [0.25, 0.3) is 5.91 Å². The maximum Gasteiger partial charge on any atom is 0.305 e. The van der Waals surface area contributed by atoms with Crippen LogP contribution in [-0.2, 0) is 11.8 Å². The zero-order valence-electron chi connectivity index (χ0n) is 17.7. The Kier molecular flexibility index (Phi) is 7.43. The molecule has 2 aromatic carbocycles. The number of carboxylic acid groups (broad SMARTS) is 1. The summed E-state index contributed by atoms with van der Waals surface area (Å²) < 4.78 is 8.08. The lowest BCUT2D eigenvalue weighted by Crippen LogP contribution is -2.26. The molecule has 7 heteroatoms. The number of aliphatic carboxylic acids is 1. The molecule has 0 fully saturated rings. The van der Waals surface area contributed by atoms with Gasteiger partial charge in [0.2, 0.25) is 0 Å². The third kappa shape index (κ3) is 5.94.